The maximum absolute atomic E-state index is 12.1. The van der Waals surface area contributed by atoms with Crippen molar-refractivity contribution in [2.24, 2.45) is 5.10 Å². The summed E-state index contributed by atoms with van der Waals surface area (Å²) < 4.78 is 0. The van der Waals surface area contributed by atoms with E-state index in [0.29, 0.717) is 5.56 Å². The minimum absolute atomic E-state index is 0.0754. The van der Waals surface area contributed by atoms with E-state index >= 15 is 0 Å². The van der Waals surface area contributed by atoms with Crippen molar-refractivity contribution in [2.75, 3.05) is 0 Å². The lowest BCUT2D eigenvalue weighted by atomic mass is 9.87. The van der Waals surface area contributed by atoms with Gasteiger partial charge < -0.3 is 0 Å². The van der Waals surface area contributed by atoms with Gasteiger partial charge in [-0.1, -0.05) is 69.3 Å². The van der Waals surface area contributed by atoms with Gasteiger partial charge in [0, 0.05) is 5.56 Å². The van der Waals surface area contributed by atoms with Crippen molar-refractivity contribution in [3.8, 4) is 0 Å². The zero-order valence-electron chi connectivity index (χ0n) is 14.7. The molecule has 3 nitrogen and oxygen atoms in total. The zero-order chi connectivity index (χ0) is 17.6. The second kappa shape index (κ2) is 7.73. The summed E-state index contributed by atoms with van der Waals surface area (Å²) in [6.45, 7) is 8.29. The van der Waals surface area contributed by atoms with Crippen molar-refractivity contribution in [2.45, 2.75) is 33.1 Å². The SMILES string of the molecule is CC(/C=C/c1ccccc1)=N/NC(=O)c1ccc(C(C)(C)C)cc1. The van der Waals surface area contributed by atoms with Gasteiger partial charge in [-0.15, -0.1) is 0 Å². The molecule has 2 aromatic carbocycles. The van der Waals surface area contributed by atoms with Crippen molar-refractivity contribution in [1.82, 2.24) is 5.43 Å². The van der Waals surface area contributed by atoms with Crippen LogP contribution in [0.2, 0.25) is 0 Å². The summed E-state index contributed by atoms with van der Waals surface area (Å²) in [5, 5.41) is 4.12. The molecule has 0 aromatic heterocycles. The average Bonchev–Trinajstić information content (AvgIpc) is 2.58. The molecule has 0 saturated carbocycles. The summed E-state index contributed by atoms with van der Waals surface area (Å²) in [6.07, 6.45) is 3.83. The third kappa shape index (κ3) is 5.20. The van der Waals surface area contributed by atoms with Crippen LogP contribution in [-0.4, -0.2) is 11.6 Å². The molecule has 3 heteroatoms. The number of nitrogens with zero attached hydrogens (tertiary/aromatic N) is 1. The summed E-state index contributed by atoms with van der Waals surface area (Å²) >= 11 is 0. The molecular formula is C21H24N2O. The van der Waals surface area contributed by atoms with E-state index in [4.69, 9.17) is 0 Å². The number of amides is 1. The minimum atomic E-state index is -0.206. The number of hydrazone groups is 1. The number of nitrogens with one attached hydrogen (secondary N) is 1. The lowest BCUT2D eigenvalue weighted by molar-refractivity contribution is 0.0955. The van der Waals surface area contributed by atoms with Crippen molar-refractivity contribution < 1.29 is 4.79 Å². The highest BCUT2D eigenvalue weighted by Crippen LogP contribution is 2.22. The van der Waals surface area contributed by atoms with Gasteiger partial charge in [0.15, 0.2) is 0 Å². The van der Waals surface area contributed by atoms with E-state index in [-0.39, 0.29) is 11.3 Å². The highest BCUT2D eigenvalue weighted by atomic mass is 16.2. The fraction of sp³-hybridized carbons (Fsp3) is 0.238. The van der Waals surface area contributed by atoms with Crippen molar-refractivity contribution in [3.63, 3.8) is 0 Å². The first-order valence-electron chi connectivity index (χ1n) is 8.04. The molecule has 0 fully saturated rings. The van der Waals surface area contributed by atoms with Crippen LogP contribution in [0.25, 0.3) is 6.08 Å². The maximum atomic E-state index is 12.1. The molecule has 1 amide bonds. The molecule has 2 rings (SSSR count). The molecule has 0 aliphatic rings. The van der Waals surface area contributed by atoms with Gasteiger partial charge in [0.1, 0.15) is 0 Å². The third-order valence-electron chi connectivity index (χ3n) is 3.66. The van der Waals surface area contributed by atoms with E-state index in [9.17, 15) is 4.79 Å². The zero-order valence-corrected chi connectivity index (χ0v) is 14.7. The van der Waals surface area contributed by atoms with E-state index in [0.717, 1.165) is 11.3 Å². The van der Waals surface area contributed by atoms with E-state index in [1.807, 2.05) is 73.7 Å². The van der Waals surface area contributed by atoms with Crippen molar-refractivity contribution in [3.05, 3.63) is 77.4 Å². The Morgan fingerprint density at radius 3 is 2.21 bits per heavy atom. The largest absolute Gasteiger partial charge is 0.271 e. The second-order valence-electron chi connectivity index (χ2n) is 6.77. The molecule has 1 N–H and O–H groups in total. The van der Waals surface area contributed by atoms with Crippen LogP contribution in [0.1, 0.15) is 49.2 Å². The van der Waals surface area contributed by atoms with Crippen LogP contribution >= 0.6 is 0 Å². The Hall–Kier alpha value is -2.68. The van der Waals surface area contributed by atoms with Gasteiger partial charge >= 0.3 is 0 Å². The number of carbonyl (C=O) groups is 1. The van der Waals surface area contributed by atoms with Gasteiger partial charge in [0.05, 0.1) is 5.71 Å². The first-order valence-corrected chi connectivity index (χ1v) is 8.04. The van der Waals surface area contributed by atoms with Crippen molar-refractivity contribution in [1.29, 1.82) is 0 Å². The highest BCUT2D eigenvalue weighted by Gasteiger charge is 2.14. The van der Waals surface area contributed by atoms with Crippen LogP contribution in [0, 0.1) is 0 Å². The molecule has 0 spiro atoms. The Balaban J connectivity index is 1.98. The molecule has 0 heterocycles. The summed E-state index contributed by atoms with van der Waals surface area (Å²) in [5.41, 5.74) is 6.30. The minimum Gasteiger partial charge on any atom is -0.267 e. The van der Waals surface area contributed by atoms with Crippen LogP contribution < -0.4 is 5.43 Å². The number of carbonyl (C=O) groups excluding carboxylic acids is 1. The third-order valence-corrected chi connectivity index (χ3v) is 3.66. The maximum Gasteiger partial charge on any atom is 0.271 e. The van der Waals surface area contributed by atoms with E-state index in [1.54, 1.807) is 0 Å². The van der Waals surface area contributed by atoms with Crippen LogP contribution in [0.3, 0.4) is 0 Å². The smallest absolute Gasteiger partial charge is 0.267 e. The first kappa shape index (κ1) is 17.7. The quantitative estimate of drug-likeness (QED) is 0.638. The summed E-state index contributed by atoms with van der Waals surface area (Å²) in [5.74, 6) is -0.206. The predicted octanol–water partition coefficient (Wildman–Crippen LogP) is 4.80. The molecule has 124 valence electrons. The van der Waals surface area contributed by atoms with Gasteiger partial charge in [-0.2, -0.15) is 5.10 Å². The number of hydrogen-bond acceptors (Lipinski definition) is 2. The molecule has 0 aliphatic carbocycles. The highest BCUT2D eigenvalue weighted by molar-refractivity contribution is 5.99. The van der Waals surface area contributed by atoms with Gasteiger partial charge in [-0.05, 0) is 41.7 Å². The summed E-state index contributed by atoms with van der Waals surface area (Å²) in [4.78, 5) is 12.1. The Kier molecular flexibility index (Phi) is 5.69. The lowest BCUT2D eigenvalue weighted by Gasteiger charge is -2.18. The van der Waals surface area contributed by atoms with Gasteiger partial charge in [-0.3, -0.25) is 4.79 Å². The van der Waals surface area contributed by atoms with Gasteiger partial charge in [0.2, 0.25) is 0 Å². The Labute approximate surface area is 144 Å². The standard InChI is InChI=1S/C21H24N2O/c1-16(10-11-17-8-6-5-7-9-17)22-23-20(24)18-12-14-19(15-13-18)21(2,3)4/h5-15H,1-4H3,(H,23,24)/b11-10+,22-16-. The number of benzene rings is 2. The topological polar surface area (TPSA) is 41.5 Å². The van der Waals surface area contributed by atoms with E-state index in [2.05, 4.69) is 31.3 Å². The molecule has 0 saturated heterocycles. The molecule has 0 aliphatic heterocycles. The molecule has 2 aromatic rings. The van der Waals surface area contributed by atoms with E-state index < -0.39 is 0 Å². The normalized spacial score (nSPS) is 12.4. The summed E-state index contributed by atoms with van der Waals surface area (Å²) in [7, 11) is 0. The number of rotatable bonds is 4. The fourth-order valence-electron chi connectivity index (χ4n) is 2.14. The molecule has 0 bridgehead atoms. The van der Waals surface area contributed by atoms with Gasteiger partial charge in [-0.25, -0.2) is 5.43 Å². The van der Waals surface area contributed by atoms with Crippen LogP contribution in [0.4, 0.5) is 0 Å². The monoisotopic (exact) mass is 320 g/mol. The van der Waals surface area contributed by atoms with E-state index in [1.165, 1.54) is 5.56 Å². The fourth-order valence-corrected chi connectivity index (χ4v) is 2.14. The summed E-state index contributed by atoms with van der Waals surface area (Å²) in [6, 6.07) is 17.6. The molecule has 0 unspecified atom stereocenters. The van der Waals surface area contributed by atoms with Crippen LogP contribution in [0.5, 0.6) is 0 Å². The first-order chi connectivity index (χ1) is 11.4. The van der Waals surface area contributed by atoms with Crippen molar-refractivity contribution >= 4 is 17.7 Å². The Bertz CT molecular complexity index is 736. The number of allylic oxidation sites excluding steroid dienone is 1. The van der Waals surface area contributed by atoms with Crippen LogP contribution in [0.15, 0.2) is 65.8 Å². The predicted molar refractivity (Wildman–Crippen MR) is 101 cm³/mol. The second-order valence-corrected chi connectivity index (χ2v) is 6.77. The number of hydrogen-bond donors (Lipinski definition) is 1. The Morgan fingerprint density at radius 1 is 1.00 bits per heavy atom. The van der Waals surface area contributed by atoms with Gasteiger partial charge in [0.25, 0.3) is 5.91 Å². The Morgan fingerprint density at radius 2 is 1.62 bits per heavy atom. The average molecular weight is 320 g/mol. The lowest BCUT2D eigenvalue weighted by Crippen LogP contribution is -2.19. The molecule has 0 atom stereocenters. The molecule has 0 radical (unpaired) electrons. The molecule has 24 heavy (non-hydrogen) atoms. The van der Waals surface area contributed by atoms with Crippen LogP contribution in [-0.2, 0) is 5.41 Å². The molecular weight excluding hydrogens is 296 g/mol.